The zero-order valence-corrected chi connectivity index (χ0v) is 34.6. The Balaban J connectivity index is 0.913. The van der Waals surface area contributed by atoms with Crippen molar-refractivity contribution in [2.75, 3.05) is 0 Å². The van der Waals surface area contributed by atoms with Crippen LogP contribution < -0.4 is 0 Å². The van der Waals surface area contributed by atoms with Crippen LogP contribution in [0.3, 0.4) is 0 Å². The molecule has 0 bridgehead atoms. The lowest BCUT2D eigenvalue weighted by Gasteiger charge is -2.31. The van der Waals surface area contributed by atoms with Crippen LogP contribution in [0.4, 0.5) is 0 Å². The van der Waals surface area contributed by atoms with E-state index in [0.717, 1.165) is 44.4 Å². The molecule has 296 valence electrons. The van der Waals surface area contributed by atoms with Gasteiger partial charge in [-0.05, 0) is 102 Å². The number of rotatable bonds is 5. The normalized spacial score (nSPS) is 13.1. The second-order valence-electron chi connectivity index (χ2n) is 17.1. The lowest BCUT2D eigenvalue weighted by molar-refractivity contribution is 0.797. The number of nitrogens with zero attached hydrogens (tertiary/aromatic N) is 4. The largest absolute Gasteiger partial charge is 0.309 e. The van der Waals surface area contributed by atoms with Gasteiger partial charge in [0.05, 0.1) is 16.4 Å². The summed E-state index contributed by atoms with van der Waals surface area (Å²) in [5, 5.41) is 7.67. The minimum atomic E-state index is -0.404. The fourth-order valence-electron chi connectivity index (χ4n) is 11.2. The third-order valence-corrected chi connectivity index (χ3v) is 13.8. The molecule has 14 rings (SSSR count). The Bertz CT molecular complexity index is 3820. The van der Waals surface area contributed by atoms with Gasteiger partial charge in [-0.1, -0.05) is 182 Å². The van der Waals surface area contributed by atoms with Gasteiger partial charge >= 0.3 is 0 Å². The summed E-state index contributed by atoms with van der Waals surface area (Å²) in [5.41, 5.74) is 16.2. The summed E-state index contributed by atoms with van der Waals surface area (Å²) in [6, 6.07) is 79.0. The van der Waals surface area contributed by atoms with E-state index >= 15 is 0 Å². The van der Waals surface area contributed by atoms with Crippen LogP contribution in [0.25, 0.3) is 105 Å². The molecule has 0 saturated heterocycles. The number of benzene rings is 10. The summed E-state index contributed by atoms with van der Waals surface area (Å²) in [6.07, 6.45) is 0. The van der Waals surface area contributed by atoms with Crippen molar-refractivity contribution in [3.8, 4) is 62.1 Å². The number of aromatic nitrogens is 4. The van der Waals surface area contributed by atoms with Gasteiger partial charge in [-0.2, -0.15) is 0 Å². The zero-order chi connectivity index (χ0) is 41.9. The van der Waals surface area contributed by atoms with Crippen LogP contribution in [-0.4, -0.2) is 19.5 Å². The topological polar surface area (TPSA) is 43.6 Å². The van der Waals surface area contributed by atoms with Crippen molar-refractivity contribution >= 4 is 43.4 Å². The van der Waals surface area contributed by atoms with Gasteiger partial charge in [0.2, 0.25) is 0 Å². The van der Waals surface area contributed by atoms with E-state index in [4.69, 9.17) is 15.0 Å². The third kappa shape index (κ3) is 4.79. The molecule has 0 amide bonds. The van der Waals surface area contributed by atoms with Crippen molar-refractivity contribution in [1.82, 2.24) is 19.5 Å². The standard InChI is InChI=1S/C60H36N4/c1-3-14-40(15-4-1)57-61-58(63-59(62-57)42-34-35-53-47(36-42)45-20-8-10-27-52(45)64(53)43-18-5-2-6-19-43)41-32-28-37(29-33-41)44-22-13-26-51-56(44)46-21-7-9-23-48(46)60(51)49-24-11-16-38-30-31-39-17-12-25-50(60)55(39)54(38)49/h1-36H. The average molecular weight is 813 g/mol. The smallest absolute Gasteiger partial charge is 0.164 e. The van der Waals surface area contributed by atoms with E-state index < -0.39 is 5.41 Å². The number of hydrogen-bond acceptors (Lipinski definition) is 3. The summed E-state index contributed by atoms with van der Waals surface area (Å²) >= 11 is 0. The SMILES string of the molecule is c1ccc(-c2nc(-c3ccc(-c4cccc5c4-c4ccccc4C54c5cccc6ccc7cccc4c7c56)cc3)nc(-c3ccc4c(c3)c3ccccc3n4-c3ccccc3)n2)cc1. The molecule has 0 N–H and O–H groups in total. The quantitative estimate of drug-likeness (QED) is 0.163. The lowest BCUT2D eigenvalue weighted by Crippen LogP contribution is -2.26. The van der Waals surface area contributed by atoms with E-state index in [9.17, 15) is 0 Å². The van der Waals surface area contributed by atoms with Gasteiger partial charge in [-0.3, -0.25) is 0 Å². The minimum absolute atomic E-state index is 0.404. The van der Waals surface area contributed by atoms with Crippen LogP contribution >= 0.6 is 0 Å². The summed E-state index contributed by atoms with van der Waals surface area (Å²) in [5.74, 6) is 1.91. The van der Waals surface area contributed by atoms with Gasteiger partial charge in [0.1, 0.15) is 0 Å². The van der Waals surface area contributed by atoms with Crippen molar-refractivity contribution in [2.24, 2.45) is 0 Å². The van der Waals surface area contributed by atoms with E-state index in [1.807, 2.05) is 18.2 Å². The van der Waals surface area contributed by atoms with Crippen molar-refractivity contribution in [1.29, 1.82) is 0 Å². The molecule has 0 fully saturated rings. The molecule has 2 aliphatic carbocycles. The maximum Gasteiger partial charge on any atom is 0.164 e. The predicted molar refractivity (Wildman–Crippen MR) is 262 cm³/mol. The van der Waals surface area contributed by atoms with Gasteiger partial charge in [0.15, 0.2) is 17.5 Å². The highest BCUT2D eigenvalue weighted by molar-refractivity contribution is 6.18. The molecule has 2 aromatic heterocycles. The number of fused-ring (bicyclic) bond motifs is 10. The van der Waals surface area contributed by atoms with E-state index in [-0.39, 0.29) is 0 Å². The molecular formula is C60H36N4. The molecule has 0 atom stereocenters. The van der Waals surface area contributed by atoms with Crippen LogP contribution in [0.1, 0.15) is 22.3 Å². The van der Waals surface area contributed by atoms with E-state index in [1.165, 1.54) is 65.9 Å². The summed E-state index contributed by atoms with van der Waals surface area (Å²) < 4.78 is 2.33. The molecule has 10 aromatic carbocycles. The number of para-hydroxylation sites is 2. The first-order valence-corrected chi connectivity index (χ1v) is 21.9. The second-order valence-corrected chi connectivity index (χ2v) is 17.1. The first-order valence-electron chi connectivity index (χ1n) is 21.9. The molecule has 12 aromatic rings. The van der Waals surface area contributed by atoms with E-state index in [2.05, 4.69) is 205 Å². The molecular weight excluding hydrogens is 777 g/mol. The average Bonchev–Trinajstić information content (AvgIpc) is 3.98. The highest BCUT2D eigenvalue weighted by Gasteiger charge is 2.51. The Labute approximate surface area is 369 Å². The Hall–Kier alpha value is -8.47. The van der Waals surface area contributed by atoms with Crippen LogP contribution in [0.15, 0.2) is 218 Å². The molecule has 0 aliphatic heterocycles. The monoisotopic (exact) mass is 812 g/mol. The van der Waals surface area contributed by atoms with Gasteiger partial charge in [0, 0.05) is 33.2 Å². The number of hydrogen-bond donors (Lipinski definition) is 0. The molecule has 64 heavy (non-hydrogen) atoms. The molecule has 4 heteroatoms. The molecule has 0 unspecified atom stereocenters. The maximum absolute atomic E-state index is 5.22. The van der Waals surface area contributed by atoms with E-state index in [1.54, 1.807) is 0 Å². The van der Waals surface area contributed by atoms with Crippen LogP contribution in [0.2, 0.25) is 0 Å². The van der Waals surface area contributed by atoms with Gasteiger partial charge < -0.3 is 4.57 Å². The van der Waals surface area contributed by atoms with Gasteiger partial charge in [-0.25, -0.2) is 15.0 Å². The summed E-state index contributed by atoms with van der Waals surface area (Å²) in [6.45, 7) is 0. The summed E-state index contributed by atoms with van der Waals surface area (Å²) in [4.78, 5) is 15.5. The van der Waals surface area contributed by atoms with Crippen molar-refractivity contribution in [3.05, 3.63) is 241 Å². The van der Waals surface area contributed by atoms with Crippen LogP contribution in [0.5, 0.6) is 0 Å². The Morgan fingerprint density at radius 1 is 0.328 bits per heavy atom. The Morgan fingerprint density at radius 3 is 1.58 bits per heavy atom. The van der Waals surface area contributed by atoms with Crippen LogP contribution in [0, 0.1) is 0 Å². The molecule has 1 spiro atoms. The molecule has 0 saturated carbocycles. The fraction of sp³-hybridized carbons (Fsp3) is 0.0167. The second kappa shape index (κ2) is 13.3. The molecule has 2 heterocycles. The van der Waals surface area contributed by atoms with Crippen molar-refractivity contribution in [2.45, 2.75) is 5.41 Å². The van der Waals surface area contributed by atoms with Gasteiger partial charge in [0.25, 0.3) is 0 Å². The summed E-state index contributed by atoms with van der Waals surface area (Å²) in [7, 11) is 0. The van der Waals surface area contributed by atoms with Gasteiger partial charge in [-0.15, -0.1) is 0 Å². The van der Waals surface area contributed by atoms with Crippen molar-refractivity contribution < 1.29 is 0 Å². The fourth-order valence-corrected chi connectivity index (χ4v) is 11.2. The highest BCUT2D eigenvalue weighted by Crippen LogP contribution is 2.63. The predicted octanol–water partition coefficient (Wildman–Crippen LogP) is 14.6. The lowest BCUT2D eigenvalue weighted by atomic mass is 9.70. The van der Waals surface area contributed by atoms with Crippen LogP contribution in [-0.2, 0) is 5.41 Å². The zero-order valence-electron chi connectivity index (χ0n) is 34.6. The molecule has 2 aliphatic rings. The maximum atomic E-state index is 5.22. The third-order valence-electron chi connectivity index (χ3n) is 13.8. The van der Waals surface area contributed by atoms with Crippen molar-refractivity contribution in [3.63, 3.8) is 0 Å². The first-order chi connectivity index (χ1) is 31.7. The molecule has 4 nitrogen and oxygen atoms in total. The minimum Gasteiger partial charge on any atom is -0.309 e. The highest BCUT2D eigenvalue weighted by atomic mass is 15.0. The van der Waals surface area contributed by atoms with E-state index in [0.29, 0.717) is 17.5 Å². The molecule has 0 radical (unpaired) electrons. The Kier molecular flexibility index (Phi) is 7.29. The Morgan fingerprint density at radius 2 is 0.844 bits per heavy atom. The first kappa shape index (κ1) is 35.2.